The van der Waals surface area contributed by atoms with Crippen molar-refractivity contribution < 1.29 is 0 Å². The molecule has 3 unspecified atom stereocenters. The number of hydrogen-bond acceptors (Lipinski definition) is 0. The van der Waals surface area contributed by atoms with Crippen molar-refractivity contribution in [2.45, 2.75) is 79.6 Å². The van der Waals surface area contributed by atoms with E-state index in [4.69, 9.17) is 0 Å². The van der Waals surface area contributed by atoms with Crippen LogP contribution in [0.2, 0.25) is 0 Å². The molecule has 4 rings (SSSR count). The van der Waals surface area contributed by atoms with Crippen LogP contribution in [0.1, 0.15) is 79.6 Å². The van der Waals surface area contributed by atoms with Crippen LogP contribution >= 0.6 is 0 Å². The zero-order valence-corrected chi connectivity index (χ0v) is 14.3. The van der Waals surface area contributed by atoms with Crippen LogP contribution in [0.4, 0.5) is 0 Å². The van der Waals surface area contributed by atoms with E-state index in [1.165, 1.54) is 19.3 Å². The van der Waals surface area contributed by atoms with E-state index in [9.17, 15) is 0 Å². The standard InChI is InChI=1S/C20H34/c1-13-6-7-15-14(2)10-16-17-18(3,4)8-9-19(17,5)12-20(15,16)11-13/h13-17H,6-12H2,1-5H3/t13?,14?,15?,16-,17+,19+,20-/m0/s1. The fourth-order valence-corrected chi connectivity index (χ4v) is 8.38. The summed E-state index contributed by atoms with van der Waals surface area (Å²) in [4.78, 5) is 0. The van der Waals surface area contributed by atoms with Crippen molar-refractivity contribution in [1.29, 1.82) is 0 Å². The summed E-state index contributed by atoms with van der Waals surface area (Å²) >= 11 is 0. The molecule has 7 atom stereocenters. The second-order valence-corrected chi connectivity index (χ2v) is 10.3. The van der Waals surface area contributed by atoms with Gasteiger partial charge in [-0.25, -0.2) is 0 Å². The Bertz CT molecular complexity index is 422. The van der Waals surface area contributed by atoms with E-state index in [1.54, 1.807) is 25.7 Å². The Morgan fingerprint density at radius 1 is 0.900 bits per heavy atom. The summed E-state index contributed by atoms with van der Waals surface area (Å²) in [6, 6.07) is 0. The summed E-state index contributed by atoms with van der Waals surface area (Å²) in [5.74, 6) is 5.15. The van der Waals surface area contributed by atoms with Gasteiger partial charge in [-0.1, -0.05) is 41.0 Å². The molecule has 0 heterocycles. The summed E-state index contributed by atoms with van der Waals surface area (Å²) in [5, 5.41) is 0. The topological polar surface area (TPSA) is 0 Å². The molecule has 4 aliphatic rings. The molecular weight excluding hydrogens is 240 g/mol. The van der Waals surface area contributed by atoms with Crippen molar-refractivity contribution in [2.75, 3.05) is 0 Å². The van der Waals surface area contributed by atoms with Gasteiger partial charge in [-0.3, -0.25) is 0 Å². The fourth-order valence-electron chi connectivity index (χ4n) is 8.38. The van der Waals surface area contributed by atoms with Crippen LogP contribution in [0.3, 0.4) is 0 Å². The van der Waals surface area contributed by atoms with E-state index >= 15 is 0 Å². The maximum atomic E-state index is 2.67. The summed E-state index contributed by atoms with van der Waals surface area (Å²) in [5.41, 5.74) is 2.05. The predicted molar refractivity (Wildman–Crippen MR) is 85.4 cm³/mol. The lowest BCUT2D eigenvalue weighted by atomic mass is 9.59. The Hall–Kier alpha value is 0. The molecule has 4 aliphatic carbocycles. The van der Waals surface area contributed by atoms with E-state index in [0.717, 1.165) is 35.0 Å². The van der Waals surface area contributed by atoms with Crippen molar-refractivity contribution in [1.82, 2.24) is 0 Å². The predicted octanol–water partition coefficient (Wildman–Crippen LogP) is 5.91. The molecule has 0 heteroatoms. The molecule has 0 nitrogen and oxygen atoms in total. The molecular formula is C20H34. The highest BCUT2D eigenvalue weighted by Gasteiger charge is 2.70. The number of fused-ring (bicyclic) bond motifs is 2. The van der Waals surface area contributed by atoms with Gasteiger partial charge in [0.25, 0.3) is 0 Å². The van der Waals surface area contributed by atoms with Gasteiger partial charge < -0.3 is 0 Å². The first-order valence-electron chi connectivity index (χ1n) is 9.29. The van der Waals surface area contributed by atoms with Gasteiger partial charge in [-0.05, 0) is 84.4 Å². The van der Waals surface area contributed by atoms with Gasteiger partial charge in [0, 0.05) is 0 Å². The van der Waals surface area contributed by atoms with E-state index in [0.29, 0.717) is 10.8 Å². The molecule has 114 valence electrons. The van der Waals surface area contributed by atoms with E-state index in [2.05, 4.69) is 34.6 Å². The lowest BCUT2D eigenvalue weighted by Gasteiger charge is -2.46. The third kappa shape index (κ3) is 1.49. The smallest absolute Gasteiger partial charge is 0.0227 e. The first-order chi connectivity index (χ1) is 9.29. The average molecular weight is 274 g/mol. The van der Waals surface area contributed by atoms with Crippen LogP contribution in [-0.4, -0.2) is 0 Å². The Labute approximate surface area is 126 Å². The lowest BCUT2D eigenvalue weighted by molar-refractivity contribution is 0.0341. The third-order valence-electron chi connectivity index (χ3n) is 8.56. The number of hydrogen-bond donors (Lipinski definition) is 0. The molecule has 0 aromatic carbocycles. The summed E-state index contributed by atoms with van der Waals surface area (Å²) < 4.78 is 0. The van der Waals surface area contributed by atoms with E-state index in [1.807, 2.05) is 0 Å². The largest absolute Gasteiger partial charge is 0.0625 e. The maximum Gasteiger partial charge on any atom is -0.0227 e. The van der Waals surface area contributed by atoms with E-state index < -0.39 is 0 Å². The maximum absolute atomic E-state index is 2.67. The molecule has 1 spiro atoms. The van der Waals surface area contributed by atoms with Gasteiger partial charge in [0.05, 0.1) is 0 Å². The summed E-state index contributed by atoms with van der Waals surface area (Å²) in [6.45, 7) is 13.0. The first-order valence-corrected chi connectivity index (χ1v) is 9.29. The zero-order chi connectivity index (χ0) is 14.3. The Morgan fingerprint density at radius 3 is 2.40 bits per heavy atom. The number of rotatable bonds is 0. The lowest BCUT2D eigenvalue weighted by Crippen LogP contribution is -2.38. The van der Waals surface area contributed by atoms with Crippen LogP contribution in [0.15, 0.2) is 0 Å². The summed E-state index contributed by atoms with van der Waals surface area (Å²) in [6.07, 6.45) is 10.7. The van der Waals surface area contributed by atoms with Gasteiger partial charge >= 0.3 is 0 Å². The average Bonchev–Trinajstić information content (AvgIpc) is 2.80. The molecule has 0 saturated heterocycles. The molecule has 4 saturated carbocycles. The highest BCUT2D eigenvalue weighted by atomic mass is 14.7. The minimum absolute atomic E-state index is 0.609. The van der Waals surface area contributed by atoms with Crippen molar-refractivity contribution >= 4 is 0 Å². The van der Waals surface area contributed by atoms with Gasteiger partial charge in [0.15, 0.2) is 0 Å². The third-order valence-corrected chi connectivity index (χ3v) is 8.56. The van der Waals surface area contributed by atoms with E-state index in [-0.39, 0.29) is 0 Å². The highest BCUT2D eigenvalue weighted by Crippen LogP contribution is 2.77. The molecule has 4 fully saturated rings. The van der Waals surface area contributed by atoms with Crippen molar-refractivity contribution in [3.8, 4) is 0 Å². The van der Waals surface area contributed by atoms with Crippen LogP contribution < -0.4 is 0 Å². The normalized spacial score (nSPS) is 60.1. The summed E-state index contributed by atoms with van der Waals surface area (Å²) in [7, 11) is 0. The molecule has 20 heavy (non-hydrogen) atoms. The first kappa shape index (κ1) is 13.6. The molecule has 0 aromatic rings. The van der Waals surface area contributed by atoms with Crippen molar-refractivity contribution in [3.63, 3.8) is 0 Å². The molecule has 0 bridgehead atoms. The van der Waals surface area contributed by atoms with Crippen LogP contribution in [0.5, 0.6) is 0 Å². The second-order valence-electron chi connectivity index (χ2n) is 10.3. The molecule has 0 aromatic heterocycles. The van der Waals surface area contributed by atoms with Crippen molar-refractivity contribution in [3.05, 3.63) is 0 Å². The fraction of sp³-hybridized carbons (Fsp3) is 1.00. The zero-order valence-electron chi connectivity index (χ0n) is 14.3. The molecule has 0 aliphatic heterocycles. The Balaban J connectivity index is 1.78. The molecule has 0 amide bonds. The Kier molecular flexibility index (Phi) is 2.63. The van der Waals surface area contributed by atoms with Crippen LogP contribution in [0.25, 0.3) is 0 Å². The van der Waals surface area contributed by atoms with Gasteiger partial charge in [0.2, 0.25) is 0 Å². The monoisotopic (exact) mass is 274 g/mol. The van der Waals surface area contributed by atoms with Crippen molar-refractivity contribution in [2.24, 2.45) is 45.8 Å². The van der Waals surface area contributed by atoms with Gasteiger partial charge in [-0.15, -0.1) is 0 Å². The Morgan fingerprint density at radius 2 is 1.65 bits per heavy atom. The van der Waals surface area contributed by atoms with Gasteiger partial charge in [-0.2, -0.15) is 0 Å². The van der Waals surface area contributed by atoms with Gasteiger partial charge in [0.1, 0.15) is 0 Å². The minimum Gasteiger partial charge on any atom is -0.0625 e. The van der Waals surface area contributed by atoms with Crippen LogP contribution in [0, 0.1) is 45.8 Å². The molecule has 0 N–H and O–H groups in total. The van der Waals surface area contributed by atoms with Crippen LogP contribution in [-0.2, 0) is 0 Å². The highest BCUT2D eigenvalue weighted by molar-refractivity contribution is 5.19. The quantitative estimate of drug-likeness (QED) is 0.515. The second kappa shape index (κ2) is 3.85. The SMILES string of the molecule is CC1CCC2C(C)C[C@H]3[C@@H]4C(C)(C)CC[C@]4(C)C[C@@]23C1. The minimum atomic E-state index is 0.609. The molecule has 0 radical (unpaired) electrons.